The third kappa shape index (κ3) is 4.77. The Labute approximate surface area is 171 Å². The van der Waals surface area contributed by atoms with Crippen LogP contribution in [0.25, 0.3) is 5.69 Å². The molecule has 6 nitrogen and oxygen atoms in total. The van der Waals surface area contributed by atoms with Crippen molar-refractivity contribution >= 4 is 23.3 Å². The summed E-state index contributed by atoms with van der Waals surface area (Å²) in [6.07, 6.45) is -4.73. The van der Waals surface area contributed by atoms with Crippen LogP contribution in [0.3, 0.4) is 0 Å². The van der Waals surface area contributed by atoms with Crippen molar-refractivity contribution in [2.45, 2.75) is 39.2 Å². The van der Waals surface area contributed by atoms with Gasteiger partial charge >= 0.3 is 6.36 Å². The van der Waals surface area contributed by atoms with Crippen LogP contribution in [0.4, 0.5) is 19.0 Å². The molecule has 1 fully saturated rings. The molecule has 10 heteroatoms. The first-order valence-corrected chi connectivity index (χ1v) is 9.67. The Balaban J connectivity index is 1.78. The molecule has 1 aliphatic heterocycles. The van der Waals surface area contributed by atoms with E-state index in [-0.39, 0.29) is 29.6 Å². The van der Waals surface area contributed by atoms with Crippen LogP contribution in [-0.4, -0.2) is 58.0 Å². The number of piperazine rings is 1. The quantitative estimate of drug-likeness (QED) is 0.693. The third-order valence-corrected chi connectivity index (χ3v) is 5.06. The molecule has 2 unspecified atom stereocenters. The molecule has 29 heavy (non-hydrogen) atoms. The molecule has 1 saturated heterocycles. The van der Waals surface area contributed by atoms with Gasteiger partial charge in [0.05, 0.1) is 5.69 Å². The fraction of sp³-hybridized carbons (Fsp3) is 0.474. The number of anilines is 1. The highest BCUT2D eigenvalue weighted by Crippen LogP contribution is 2.26. The van der Waals surface area contributed by atoms with Crippen molar-refractivity contribution in [1.82, 2.24) is 14.7 Å². The van der Waals surface area contributed by atoms with Crippen molar-refractivity contribution in [3.8, 4) is 11.4 Å². The van der Waals surface area contributed by atoms with E-state index in [0.717, 1.165) is 11.5 Å². The average molecular weight is 431 g/mol. The number of hydrogen-bond acceptors (Lipinski definition) is 4. The second-order valence-electron chi connectivity index (χ2n) is 7.14. The van der Waals surface area contributed by atoms with Crippen LogP contribution in [0.5, 0.6) is 5.75 Å². The highest BCUT2D eigenvalue weighted by molar-refractivity contribution is 6.27. The first-order valence-electron chi connectivity index (χ1n) is 9.14. The summed E-state index contributed by atoms with van der Waals surface area (Å²) in [7, 11) is 0. The maximum Gasteiger partial charge on any atom is 0.573 e. The highest BCUT2D eigenvalue weighted by Gasteiger charge is 2.33. The number of benzene rings is 1. The molecule has 1 aromatic carbocycles. The standard InChI is InChI=1S/C19H22ClF3N4O2/c1-12-8-17(25-10-13(2)26(14(3)11-25)18(28)9-20)24-27(12)15-4-6-16(7-5-15)29-19(21,22)23/h4-8,13-14H,9-11H2,1-3H3. The predicted molar refractivity (Wildman–Crippen MR) is 104 cm³/mol. The molecule has 1 aromatic heterocycles. The molecule has 0 aliphatic carbocycles. The summed E-state index contributed by atoms with van der Waals surface area (Å²) in [5.41, 5.74) is 1.46. The Morgan fingerprint density at radius 2 is 1.79 bits per heavy atom. The molecule has 0 bridgehead atoms. The molecule has 3 rings (SSSR count). The Morgan fingerprint density at radius 3 is 2.31 bits per heavy atom. The topological polar surface area (TPSA) is 50.6 Å². The number of amides is 1. The zero-order valence-corrected chi connectivity index (χ0v) is 17.0. The van der Waals surface area contributed by atoms with E-state index >= 15 is 0 Å². The Bertz CT molecular complexity index is 857. The number of aryl methyl sites for hydroxylation is 1. The Hall–Kier alpha value is -2.42. The van der Waals surface area contributed by atoms with Crippen LogP contribution < -0.4 is 9.64 Å². The minimum absolute atomic E-state index is 0.0192. The van der Waals surface area contributed by atoms with Crippen molar-refractivity contribution in [1.29, 1.82) is 0 Å². The normalized spacial score (nSPS) is 20.1. The van der Waals surface area contributed by atoms with E-state index in [1.54, 1.807) is 9.58 Å². The van der Waals surface area contributed by atoms with E-state index in [1.807, 2.05) is 26.8 Å². The number of aromatic nitrogens is 2. The minimum Gasteiger partial charge on any atom is -0.406 e. The van der Waals surface area contributed by atoms with Gasteiger partial charge in [-0.15, -0.1) is 24.8 Å². The van der Waals surface area contributed by atoms with Crippen molar-refractivity contribution in [3.63, 3.8) is 0 Å². The summed E-state index contributed by atoms with van der Waals surface area (Å²) >= 11 is 5.72. The van der Waals surface area contributed by atoms with Gasteiger partial charge in [-0.2, -0.15) is 5.10 Å². The van der Waals surface area contributed by atoms with Crippen LogP contribution in [-0.2, 0) is 4.79 Å². The van der Waals surface area contributed by atoms with Gasteiger partial charge in [0.15, 0.2) is 5.82 Å². The smallest absolute Gasteiger partial charge is 0.406 e. The fourth-order valence-electron chi connectivity index (χ4n) is 3.73. The molecule has 158 valence electrons. The summed E-state index contributed by atoms with van der Waals surface area (Å²) in [5.74, 6) is 0.328. The second kappa shape index (κ2) is 8.14. The van der Waals surface area contributed by atoms with Gasteiger partial charge in [-0.05, 0) is 45.0 Å². The van der Waals surface area contributed by atoms with Crippen LogP contribution in [0, 0.1) is 6.92 Å². The summed E-state index contributed by atoms with van der Waals surface area (Å²) in [6.45, 7) is 7.03. The van der Waals surface area contributed by atoms with Crippen molar-refractivity contribution in [2.75, 3.05) is 23.9 Å². The van der Waals surface area contributed by atoms with E-state index in [4.69, 9.17) is 11.6 Å². The van der Waals surface area contributed by atoms with E-state index in [2.05, 4.69) is 14.7 Å². The maximum absolute atomic E-state index is 12.3. The number of nitrogens with zero attached hydrogens (tertiary/aromatic N) is 4. The SMILES string of the molecule is Cc1cc(N2CC(C)N(C(=O)CCl)C(C)C2)nn1-c1ccc(OC(F)(F)F)cc1. The first-order chi connectivity index (χ1) is 13.6. The van der Waals surface area contributed by atoms with Gasteiger partial charge in [0, 0.05) is 36.9 Å². The first kappa shape index (κ1) is 21.3. The number of carbonyl (C=O) groups is 1. The lowest BCUT2D eigenvalue weighted by Crippen LogP contribution is -2.59. The number of rotatable bonds is 4. The van der Waals surface area contributed by atoms with Gasteiger partial charge in [0.1, 0.15) is 11.6 Å². The maximum atomic E-state index is 12.3. The third-order valence-electron chi connectivity index (χ3n) is 4.83. The largest absolute Gasteiger partial charge is 0.573 e. The van der Waals surface area contributed by atoms with E-state index in [9.17, 15) is 18.0 Å². The molecular formula is C19H22ClF3N4O2. The minimum atomic E-state index is -4.73. The van der Waals surface area contributed by atoms with Gasteiger partial charge in [-0.3, -0.25) is 4.79 Å². The number of carbonyl (C=O) groups excluding carboxylic acids is 1. The lowest BCUT2D eigenvalue weighted by Gasteiger charge is -2.44. The number of alkyl halides is 4. The van der Waals surface area contributed by atoms with E-state index in [0.29, 0.717) is 18.8 Å². The van der Waals surface area contributed by atoms with Crippen molar-refractivity contribution < 1.29 is 22.7 Å². The van der Waals surface area contributed by atoms with Crippen LogP contribution in [0.15, 0.2) is 30.3 Å². The summed E-state index contributed by atoms with van der Waals surface area (Å²) in [4.78, 5) is 16.0. The van der Waals surface area contributed by atoms with Crippen molar-refractivity contribution in [2.24, 2.45) is 0 Å². The second-order valence-corrected chi connectivity index (χ2v) is 7.40. The van der Waals surface area contributed by atoms with Crippen LogP contribution in [0.1, 0.15) is 19.5 Å². The van der Waals surface area contributed by atoms with Gasteiger partial charge in [-0.25, -0.2) is 4.68 Å². The Morgan fingerprint density at radius 1 is 1.21 bits per heavy atom. The van der Waals surface area contributed by atoms with E-state index in [1.165, 1.54) is 24.3 Å². The van der Waals surface area contributed by atoms with E-state index < -0.39 is 6.36 Å². The number of hydrogen-bond donors (Lipinski definition) is 0. The lowest BCUT2D eigenvalue weighted by atomic mass is 10.1. The molecule has 2 atom stereocenters. The average Bonchev–Trinajstić information content (AvgIpc) is 3.02. The molecule has 0 saturated carbocycles. The molecule has 1 aliphatic rings. The number of halogens is 4. The zero-order valence-electron chi connectivity index (χ0n) is 16.3. The fourth-order valence-corrected chi connectivity index (χ4v) is 3.87. The molecule has 1 amide bonds. The van der Waals surface area contributed by atoms with Gasteiger partial charge in [-0.1, -0.05) is 0 Å². The molecule has 0 spiro atoms. The van der Waals surface area contributed by atoms with Crippen LogP contribution in [0.2, 0.25) is 0 Å². The zero-order chi connectivity index (χ0) is 21.3. The summed E-state index contributed by atoms with van der Waals surface area (Å²) in [5, 5.41) is 4.62. The Kier molecular flexibility index (Phi) is 5.97. The molecular weight excluding hydrogens is 409 g/mol. The lowest BCUT2D eigenvalue weighted by molar-refractivity contribution is -0.274. The van der Waals surface area contributed by atoms with Crippen LogP contribution >= 0.6 is 11.6 Å². The van der Waals surface area contributed by atoms with Gasteiger partial charge < -0.3 is 14.5 Å². The molecule has 0 N–H and O–H groups in total. The predicted octanol–water partition coefficient (Wildman–Crippen LogP) is 3.74. The number of ether oxygens (including phenoxy) is 1. The highest BCUT2D eigenvalue weighted by atomic mass is 35.5. The molecule has 0 radical (unpaired) electrons. The molecule has 2 heterocycles. The summed E-state index contributed by atoms with van der Waals surface area (Å²) in [6, 6.07) is 7.43. The van der Waals surface area contributed by atoms with Gasteiger partial charge in [0.2, 0.25) is 5.91 Å². The van der Waals surface area contributed by atoms with Crippen molar-refractivity contribution in [3.05, 3.63) is 36.0 Å². The molecule has 2 aromatic rings. The monoisotopic (exact) mass is 430 g/mol. The summed E-state index contributed by atoms with van der Waals surface area (Å²) < 4.78 is 42.5. The van der Waals surface area contributed by atoms with Gasteiger partial charge in [0.25, 0.3) is 0 Å².